The largest absolute Gasteiger partial charge is 0.497 e. The molecule has 1 amide bonds. The maximum Gasteiger partial charge on any atom is 0.338 e. The Bertz CT molecular complexity index is 971. The van der Waals surface area contributed by atoms with Gasteiger partial charge in [0.2, 0.25) is 0 Å². The van der Waals surface area contributed by atoms with Gasteiger partial charge in [-0.25, -0.2) is 14.8 Å². The number of amides is 1. The van der Waals surface area contributed by atoms with Crippen LogP contribution in [0, 0.1) is 0 Å². The summed E-state index contributed by atoms with van der Waals surface area (Å²) in [5, 5.41) is 5.80. The van der Waals surface area contributed by atoms with Crippen molar-refractivity contribution in [3.63, 3.8) is 0 Å². The standard InChI is InChI=1S/C21H20N4O4/c1-3-29-21(27)14-4-6-15(7-5-14)24-19-13-22-18(12-23-19)20(26)25-16-8-10-17(28-2)11-9-16/h4-13H,3H2,1-2H3,(H,23,24)(H,25,26). The first kappa shape index (κ1) is 19.8. The molecule has 0 bridgehead atoms. The lowest BCUT2D eigenvalue weighted by atomic mass is 10.2. The summed E-state index contributed by atoms with van der Waals surface area (Å²) in [5.74, 6) is 0.433. The number of nitrogens with one attached hydrogen (secondary N) is 2. The van der Waals surface area contributed by atoms with Crippen LogP contribution in [0.5, 0.6) is 5.75 Å². The third-order valence-electron chi connectivity index (χ3n) is 3.90. The number of benzene rings is 2. The first-order chi connectivity index (χ1) is 14.1. The van der Waals surface area contributed by atoms with Crippen LogP contribution in [0.4, 0.5) is 17.2 Å². The zero-order valence-corrected chi connectivity index (χ0v) is 16.0. The van der Waals surface area contributed by atoms with E-state index in [-0.39, 0.29) is 17.6 Å². The van der Waals surface area contributed by atoms with Crippen LogP contribution in [0.3, 0.4) is 0 Å². The Hall–Kier alpha value is -3.94. The molecular formula is C21H20N4O4. The van der Waals surface area contributed by atoms with E-state index >= 15 is 0 Å². The average molecular weight is 392 g/mol. The molecule has 0 radical (unpaired) electrons. The third kappa shape index (κ3) is 5.29. The van der Waals surface area contributed by atoms with Crippen molar-refractivity contribution in [3.05, 3.63) is 72.2 Å². The molecule has 0 unspecified atom stereocenters. The van der Waals surface area contributed by atoms with Crippen LogP contribution in [0.25, 0.3) is 0 Å². The van der Waals surface area contributed by atoms with Gasteiger partial charge in [0.05, 0.1) is 31.7 Å². The lowest BCUT2D eigenvalue weighted by Crippen LogP contribution is -2.14. The zero-order chi connectivity index (χ0) is 20.6. The van der Waals surface area contributed by atoms with E-state index in [0.29, 0.717) is 29.4 Å². The fourth-order valence-electron chi connectivity index (χ4n) is 2.43. The van der Waals surface area contributed by atoms with Gasteiger partial charge in [-0.2, -0.15) is 0 Å². The van der Waals surface area contributed by atoms with Crippen LogP contribution in [-0.4, -0.2) is 35.6 Å². The molecular weight excluding hydrogens is 372 g/mol. The van der Waals surface area contributed by atoms with E-state index in [1.807, 2.05) is 0 Å². The molecule has 148 valence electrons. The molecule has 0 atom stereocenters. The van der Waals surface area contributed by atoms with Crippen molar-refractivity contribution in [1.29, 1.82) is 0 Å². The summed E-state index contributed by atoms with van der Waals surface area (Å²) < 4.78 is 10.0. The van der Waals surface area contributed by atoms with Crippen LogP contribution in [0.2, 0.25) is 0 Å². The summed E-state index contributed by atoms with van der Waals surface area (Å²) in [7, 11) is 1.58. The van der Waals surface area contributed by atoms with E-state index in [1.54, 1.807) is 62.6 Å². The number of hydrogen-bond donors (Lipinski definition) is 2. The highest BCUT2D eigenvalue weighted by Crippen LogP contribution is 2.17. The number of aromatic nitrogens is 2. The summed E-state index contributed by atoms with van der Waals surface area (Å²) in [4.78, 5) is 32.3. The maximum absolute atomic E-state index is 12.3. The van der Waals surface area contributed by atoms with Crippen molar-refractivity contribution in [2.24, 2.45) is 0 Å². The molecule has 0 aliphatic rings. The fourth-order valence-corrected chi connectivity index (χ4v) is 2.43. The Morgan fingerprint density at radius 3 is 2.21 bits per heavy atom. The molecule has 8 nitrogen and oxygen atoms in total. The van der Waals surface area contributed by atoms with E-state index in [2.05, 4.69) is 20.6 Å². The van der Waals surface area contributed by atoms with Crippen LogP contribution < -0.4 is 15.4 Å². The van der Waals surface area contributed by atoms with Crippen molar-refractivity contribution >= 4 is 29.1 Å². The normalized spacial score (nSPS) is 10.1. The molecule has 0 fully saturated rings. The monoisotopic (exact) mass is 392 g/mol. The molecule has 3 rings (SSSR count). The van der Waals surface area contributed by atoms with Crippen molar-refractivity contribution in [2.45, 2.75) is 6.92 Å². The second-order valence-corrected chi connectivity index (χ2v) is 5.89. The number of ether oxygens (including phenoxy) is 2. The van der Waals surface area contributed by atoms with Crippen LogP contribution >= 0.6 is 0 Å². The van der Waals surface area contributed by atoms with Crippen molar-refractivity contribution in [3.8, 4) is 5.75 Å². The molecule has 0 aliphatic heterocycles. The van der Waals surface area contributed by atoms with Gasteiger partial charge in [0, 0.05) is 11.4 Å². The molecule has 2 aromatic carbocycles. The SMILES string of the molecule is CCOC(=O)c1ccc(Nc2cnc(C(=O)Nc3ccc(OC)cc3)cn2)cc1. The first-order valence-electron chi connectivity index (χ1n) is 8.90. The number of hydrogen-bond acceptors (Lipinski definition) is 7. The summed E-state index contributed by atoms with van der Waals surface area (Å²) in [6, 6.07) is 13.8. The topological polar surface area (TPSA) is 102 Å². The molecule has 29 heavy (non-hydrogen) atoms. The fraction of sp³-hybridized carbons (Fsp3) is 0.143. The second-order valence-electron chi connectivity index (χ2n) is 5.89. The van der Waals surface area contributed by atoms with Crippen LogP contribution in [-0.2, 0) is 4.74 Å². The highest BCUT2D eigenvalue weighted by molar-refractivity contribution is 6.02. The Balaban J connectivity index is 1.60. The average Bonchev–Trinajstić information content (AvgIpc) is 2.75. The summed E-state index contributed by atoms with van der Waals surface area (Å²) in [6.45, 7) is 2.08. The number of carbonyl (C=O) groups excluding carboxylic acids is 2. The second kappa shape index (κ2) is 9.32. The van der Waals surface area contributed by atoms with Gasteiger partial charge in [-0.15, -0.1) is 0 Å². The molecule has 1 heterocycles. The molecule has 0 saturated heterocycles. The Morgan fingerprint density at radius 1 is 0.931 bits per heavy atom. The summed E-state index contributed by atoms with van der Waals surface area (Å²) in [5.41, 5.74) is 2.00. The quantitative estimate of drug-likeness (QED) is 0.592. The molecule has 8 heteroatoms. The zero-order valence-electron chi connectivity index (χ0n) is 16.0. The van der Waals surface area contributed by atoms with Gasteiger partial charge in [-0.3, -0.25) is 4.79 Å². The maximum atomic E-state index is 12.3. The van der Waals surface area contributed by atoms with E-state index in [1.165, 1.54) is 12.4 Å². The van der Waals surface area contributed by atoms with Crippen LogP contribution in [0.15, 0.2) is 60.9 Å². The van der Waals surface area contributed by atoms with E-state index in [4.69, 9.17) is 9.47 Å². The Morgan fingerprint density at radius 2 is 1.62 bits per heavy atom. The van der Waals surface area contributed by atoms with E-state index in [0.717, 1.165) is 5.69 Å². The van der Waals surface area contributed by atoms with Crippen LogP contribution in [0.1, 0.15) is 27.8 Å². The molecule has 0 spiro atoms. The predicted molar refractivity (Wildman–Crippen MR) is 109 cm³/mol. The number of carbonyl (C=O) groups is 2. The number of nitrogens with zero attached hydrogens (tertiary/aromatic N) is 2. The van der Waals surface area contributed by atoms with Gasteiger partial charge in [0.15, 0.2) is 0 Å². The molecule has 2 N–H and O–H groups in total. The third-order valence-corrected chi connectivity index (χ3v) is 3.90. The lowest BCUT2D eigenvalue weighted by molar-refractivity contribution is 0.0526. The number of rotatable bonds is 7. The number of esters is 1. The molecule has 0 saturated carbocycles. The molecule has 1 aromatic heterocycles. The minimum absolute atomic E-state index is 0.184. The Kier molecular flexibility index (Phi) is 6.36. The molecule has 3 aromatic rings. The minimum atomic E-state index is -0.369. The van der Waals surface area contributed by atoms with Crippen molar-refractivity contribution in [1.82, 2.24) is 9.97 Å². The molecule has 0 aliphatic carbocycles. The highest BCUT2D eigenvalue weighted by Gasteiger charge is 2.10. The van der Waals surface area contributed by atoms with Gasteiger partial charge in [0.25, 0.3) is 5.91 Å². The number of anilines is 3. The van der Waals surface area contributed by atoms with Gasteiger partial charge < -0.3 is 20.1 Å². The smallest absolute Gasteiger partial charge is 0.338 e. The van der Waals surface area contributed by atoms with Gasteiger partial charge >= 0.3 is 5.97 Å². The van der Waals surface area contributed by atoms with Gasteiger partial charge in [-0.05, 0) is 55.5 Å². The number of methoxy groups -OCH3 is 1. The Labute approximate surface area is 167 Å². The van der Waals surface area contributed by atoms with Gasteiger partial charge in [0.1, 0.15) is 17.3 Å². The lowest BCUT2D eigenvalue weighted by Gasteiger charge is -2.08. The van der Waals surface area contributed by atoms with E-state index in [9.17, 15) is 9.59 Å². The summed E-state index contributed by atoms with van der Waals surface area (Å²) >= 11 is 0. The highest BCUT2D eigenvalue weighted by atomic mass is 16.5. The van der Waals surface area contributed by atoms with Crippen molar-refractivity contribution < 1.29 is 19.1 Å². The van der Waals surface area contributed by atoms with Crippen molar-refractivity contribution in [2.75, 3.05) is 24.4 Å². The first-order valence-corrected chi connectivity index (χ1v) is 8.90. The minimum Gasteiger partial charge on any atom is -0.497 e. The predicted octanol–water partition coefficient (Wildman–Crippen LogP) is 3.66. The van der Waals surface area contributed by atoms with E-state index < -0.39 is 0 Å². The summed E-state index contributed by atoms with van der Waals surface area (Å²) in [6.07, 6.45) is 2.84. The van der Waals surface area contributed by atoms with Gasteiger partial charge in [-0.1, -0.05) is 0 Å².